The van der Waals surface area contributed by atoms with Gasteiger partial charge in [-0.2, -0.15) is 0 Å². The summed E-state index contributed by atoms with van der Waals surface area (Å²) in [5.41, 5.74) is 0. The molecule has 22 heavy (non-hydrogen) atoms. The van der Waals surface area contributed by atoms with Gasteiger partial charge in [-0.05, 0) is 54.0 Å². The van der Waals surface area contributed by atoms with Crippen molar-refractivity contribution in [2.45, 2.75) is 18.9 Å². The highest BCUT2D eigenvalue weighted by atomic mass is 79.9. The number of ether oxygens (including phenoxy) is 1. The second-order valence-electron chi connectivity index (χ2n) is 5.16. The van der Waals surface area contributed by atoms with E-state index in [1.54, 1.807) is 0 Å². The first-order valence-corrected chi connectivity index (χ1v) is 8.00. The molecule has 1 saturated heterocycles. The minimum absolute atomic E-state index is 0. The Hall–Kier alpha value is -0.820. The van der Waals surface area contributed by atoms with E-state index in [1.165, 1.54) is 0 Å². The minimum Gasteiger partial charge on any atom is -0.490 e. The number of nitrogens with one attached hydrogen (secondary N) is 2. The zero-order chi connectivity index (χ0) is 15.1. The van der Waals surface area contributed by atoms with E-state index in [0.717, 1.165) is 30.4 Å². The maximum atomic E-state index is 11.9. The van der Waals surface area contributed by atoms with Gasteiger partial charge in [0.2, 0.25) is 5.91 Å². The lowest BCUT2D eigenvalue weighted by molar-refractivity contribution is -0.126. The van der Waals surface area contributed by atoms with Gasteiger partial charge in [-0.3, -0.25) is 4.79 Å². The Morgan fingerprint density at radius 1 is 1.41 bits per heavy atom. The van der Waals surface area contributed by atoms with Crippen molar-refractivity contribution in [3.8, 4) is 5.75 Å². The number of benzene rings is 1. The first-order chi connectivity index (χ1) is 10.2. The fraction of sp³-hybridized carbons (Fsp3) is 0.533. The van der Waals surface area contributed by atoms with E-state index < -0.39 is 6.10 Å². The fourth-order valence-corrected chi connectivity index (χ4v) is 2.65. The van der Waals surface area contributed by atoms with Crippen LogP contribution in [-0.4, -0.2) is 43.4 Å². The molecular formula is C15H22BrClN2O3. The van der Waals surface area contributed by atoms with Crippen molar-refractivity contribution in [2.75, 3.05) is 26.2 Å². The molecule has 1 atom stereocenters. The number of halogens is 2. The highest BCUT2D eigenvalue weighted by Gasteiger charge is 2.21. The topological polar surface area (TPSA) is 70.6 Å². The number of piperidine rings is 1. The largest absolute Gasteiger partial charge is 0.490 e. The SMILES string of the molecule is Cl.O=C(NCC(O)COc1ccccc1Br)C1CCNCC1. The van der Waals surface area contributed by atoms with Gasteiger partial charge in [0.25, 0.3) is 0 Å². The van der Waals surface area contributed by atoms with Gasteiger partial charge in [-0.15, -0.1) is 12.4 Å². The third kappa shape index (κ3) is 6.12. The summed E-state index contributed by atoms with van der Waals surface area (Å²) in [5, 5.41) is 15.9. The van der Waals surface area contributed by atoms with Gasteiger partial charge >= 0.3 is 0 Å². The Morgan fingerprint density at radius 3 is 2.77 bits per heavy atom. The second kappa shape index (κ2) is 10.0. The van der Waals surface area contributed by atoms with E-state index in [0.29, 0.717) is 5.75 Å². The van der Waals surface area contributed by atoms with Crippen LogP contribution in [0.1, 0.15) is 12.8 Å². The molecule has 1 aliphatic rings. The Balaban J connectivity index is 0.00000242. The number of aliphatic hydroxyl groups excluding tert-OH is 1. The number of amides is 1. The zero-order valence-electron chi connectivity index (χ0n) is 12.3. The van der Waals surface area contributed by atoms with Crippen LogP contribution in [0.15, 0.2) is 28.7 Å². The van der Waals surface area contributed by atoms with Crippen molar-refractivity contribution >= 4 is 34.2 Å². The lowest BCUT2D eigenvalue weighted by Crippen LogP contribution is -2.42. The molecule has 3 N–H and O–H groups in total. The summed E-state index contributed by atoms with van der Waals surface area (Å²) in [7, 11) is 0. The summed E-state index contributed by atoms with van der Waals surface area (Å²) in [5.74, 6) is 0.764. The molecule has 0 aliphatic carbocycles. The molecule has 1 aromatic rings. The third-order valence-corrected chi connectivity index (χ3v) is 4.14. The Morgan fingerprint density at radius 2 is 2.09 bits per heavy atom. The Labute approximate surface area is 145 Å². The van der Waals surface area contributed by atoms with E-state index in [2.05, 4.69) is 26.6 Å². The predicted molar refractivity (Wildman–Crippen MR) is 91.5 cm³/mol. The highest BCUT2D eigenvalue weighted by molar-refractivity contribution is 9.10. The number of hydrogen-bond donors (Lipinski definition) is 3. The van der Waals surface area contributed by atoms with Crippen LogP contribution in [0.4, 0.5) is 0 Å². The van der Waals surface area contributed by atoms with Crippen molar-refractivity contribution < 1.29 is 14.6 Å². The lowest BCUT2D eigenvalue weighted by atomic mass is 9.97. The van der Waals surface area contributed by atoms with Crippen LogP contribution in [0.5, 0.6) is 5.75 Å². The summed E-state index contributed by atoms with van der Waals surface area (Å²) < 4.78 is 6.36. The number of para-hydroxylation sites is 1. The van der Waals surface area contributed by atoms with E-state index >= 15 is 0 Å². The minimum atomic E-state index is -0.720. The van der Waals surface area contributed by atoms with Crippen LogP contribution >= 0.6 is 28.3 Å². The number of rotatable bonds is 6. The lowest BCUT2D eigenvalue weighted by Gasteiger charge is -2.22. The zero-order valence-corrected chi connectivity index (χ0v) is 14.7. The third-order valence-electron chi connectivity index (χ3n) is 3.49. The molecule has 1 heterocycles. The van der Waals surface area contributed by atoms with Crippen LogP contribution in [0.2, 0.25) is 0 Å². The van der Waals surface area contributed by atoms with Gasteiger partial charge in [-0.1, -0.05) is 12.1 Å². The van der Waals surface area contributed by atoms with E-state index in [4.69, 9.17) is 4.74 Å². The van der Waals surface area contributed by atoms with Crippen molar-refractivity contribution in [1.29, 1.82) is 0 Å². The average Bonchev–Trinajstić information content (AvgIpc) is 2.52. The molecule has 7 heteroatoms. The molecule has 0 saturated carbocycles. The van der Waals surface area contributed by atoms with Crippen molar-refractivity contribution in [3.63, 3.8) is 0 Å². The summed E-state index contributed by atoms with van der Waals surface area (Å²) in [6.45, 7) is 2.12. The first-order valence-electron chi connectivity index (χ1n) is 7.20. The normalized spacial score (nSPS) is 16.5. The molecule has 124 valence electrons. The van der Waals surface area contributed by atoms with Gasteiger partial charge in [0, 0.05) is 12.5 Å². The standard InChI is InChI=1S/C15H21BrN2O3.ClH/c16-13-3-1-2-4-14(13)21-10-12(19)9-18-15(20)11-5-7-17-8-6-11;/h1-4,11-12,17,19H,5-10H2,(H,18,20);1H. The maximum absolute atomic E-state index is 11.9. The molecule has 0 aromatic heterocycles. The van der Waals surface area contributed by atoms with Crippen LogP contribution in [0, 0.1) is 5.92 Å². The van der Waals surface area contributed by atoms with Gasteiger partial charge in [0.05, 0.1) is 4.47 Å². The Bertz CT molecular complexity index is 470. The van der Waals surface area contributed by atoms with E-state index in [-0.39, 0.29) is 37.4 Å². The van der Waals surface area contributed by atoms with E-state index in [9.17, 15) is 9.90 Å². The molecule has 0 spiro atoms. The quantitative estimate of drug-likeness (QED) is 0.688. The van der Waals surface area contributed by atoms with Crippen LogP contribution < -0.4 is 15.4 Å². The van der Waals surface area contributed by atoms with E-state index in [1.807, 2.05) is 24.3 Å². The monoisotopic (exact) mass is 392 g/mol. The van der Waals surface area contributed by atoms with Crippen molar-refractivity contribution in [2.24, 2.45) is 5.92 Å². The van der Waals surface area contributed by atoms with Gasteiger partial charge < -0.3 is 20.5 Å². The van der Waals surface area contributed by atoms with Gasteiger partial charge in [0.15, 0.2) is 0 Å². The van der Waals surface area contributed by atoms with Crippen LogP contribution in [0.3, 0.4) is 0 Å². The van der Waals surface area contributed by atoms with Gasteiger partial charge in [-0.25, -0.2) is 0 Å². The maximum Gasteiger partial charge on any atom is 0.223 e. The highest BCUT2D eigenvalue weighted by Crippen LogP contribution is 2.23. The number of aliphatic hydroxyl groups is 1. The molecule has 0 radical (unpaired) electrons. The molecule has 1 fully saturated rings. The summed E-state index contributed by atoms with van der Waals surface area (Å²) in [4.78, 5) is 11.9. The van der Waals surface area contributed by atoms with Crippen LogP contribution in [-0.2, 0) is 4.79 Å². The molecule has 0 bridgehead atoms. The second-order valence-corrected chi connectivity index (χ2v) is 6.02. The fourth-order valence-electron chi connectivity index (χ4n) is 2.25. The molecule has 5 nitrogen and oxygen atoms in total. The van der Waals surface area contributed by atoms with Gasteiger partial charge in [0.1, 0.15) is 18.5 Å². The number of hydrogen-bond acceptors (Lipinski definition) is 4. The number of carbonyl (C=O) groups excluding carboxylic acids is 1. The number of carbonyl (C=O) groups is 1. The van der Waals surface area contributed by atoms with Crippen molar-refractivity contribution in [3.05, 3.63) is 28.7 Å². The summed E-state index contributed by atoms with van der Waals surface area (Å²) in [6.07, 6.45) is 0.993. The smallest absolute Gasteiger partial charge is 0.223 e. The molecule has 2 rings (SSSR count). The summed E-state index contributed by atoms with van der Waals surface area (Å²) >= 11 is 3.38. The Kier molecular flexibility index (Phi) is 8.78. The average molecular weight is 394 g/mol. The van der Waals surface area contributed by atoms with Crippen LogP contribution in [0.25, 0.3) is 0 Å². The predicted octanol–water partition coefficient (Wildman–Crippen LogP) is 1.73. The van der Waals surface area contributed by atoms with Crippen molar-refractivity contribution in [1.82, 2.24) is 10.6 Å². The molecular weight excluding hydrogens is 372 g/mol. The molecule has 1 aromatic carbocycles. The molecule has 1 aliphatic heterocycles. The molecule has 1 unspecified atom stereocenters. The molecule has 1 amide bonds. The first kappa shape index (κ1) is 19.2. The summed E-state index contributed by atoms with van der Waals surface area (Å²) in [6, 6.07) is 7.46.